The van der Waals surface area contributed by atoms with Crippen molar-refractivity contribution in [3.05, 3.63) is 22.8 Å². The molecule has 1 N–H and O–H groups in total. The van der Waals surface area contributed by atoms with E-state index in [0.717, 1.165) is 19.6 Å². The van der Waals surface area contributed by atoms with Crippen LogP contribution in [0.3, 0.4) is 0 Å². The summed E-state index contributed by atoms with van der Waals surface area (Å²) >= 11 is 6.15. The maximum Gasteiger partial charge on any atom is 0.255 e. The molecule has 1 aromatic rings. The van der Waals surface area contributed by atoms with Crippen LogP contribution in [0.15, 0.2) is 12.3 Å². The summed E-state index contributed by atoms with van der Waals surface area (Å²) < 4.78 is 0. The summed E-state index contributed by atoms with van der Waals surface area (Å²) in [6.07, 6.45) is 2.72. The fraction of sp³-hybridized carbons (Fsp3) is 0.600. The van der Waals surface area contributed by atoms with Gasteiger partial charge in [0.1, 0.15) is 5.82 Å². The molecule has 2 heterocycles. The molecule has 0 aromatic carbocycles. The van der Waals surface area contributed by atoms with Crippen molar-refractivity contribution in [2.45, 2.75) is 27.2 Å². The first-order valence-corrected chi connectivity index (χ1v) is 7.57. The van der Waals surface area contributed by atoms with Crippen molar-refractivity contribution in [2.75, 3.05) is 25.0 Å². The third-order valence-electron chi connectivity index (χ3n) is 3.60. The number of aromatic nitrogens is 1. The number of rotatable bonds is 3. The number of piperidine rings is 1. The van der Waals surface area contributed by atoms with Crippen molar-refractivity contribution in [3.63, 3.8) is 0 Å². The molecule has 110 valence electrons. The van der Waals surface area contributed by atoms with E-state index in [2.05, 4.69) is 24.1 Å². The van der Waals surface area contributed by atoms with Gasteiger partial charge in [-0.1, -0.05) is 25.4 Å². The quantitative estimate of drug-likeness (QED) is 0.931. The van der Waals surface area contributed by atoms with Crippen LogP contribution in [0.25, 0.3) is 0 Å². The molecule has 1 fully saturated rings. The molecular formula is C15H22ClN3O. The van der Waals surface area contributed by atoms with Gasteiger partial charge >= 0.3 is 0 Å². The highest BCUT2D eigenvalue weighted by molar-refractivity contribution is 6.33. The molecule has 0 radical (unpaired) electrons. The van der Waals surface area contributed by atoms with Gasteiger partial charge in [0, 0.05) is 25.8 Å². The van der Waals surface area contributed by atoms with Crippen molar-refractivity contribution in [1.29, 1.82) is 0 Å². The third kappa shape index (κ3) is 3.42. The van der Waals surface area contributed by atoms with Crippen molar-refractivity contribution < 1.29 is 4.79 Å². The van der Waals surface area contributed by atoms with Crippen LogP contribution in [-0.4, -0.2) is 35.4 Å². The van der Waals surface area contributed by atoms with Crippen LogP contribution in [0.4, 0.5) is 5.82 Å². The zero-order valence-corrected chi connectivity index (χ0v) is 13.1. The number of halogens is 1. The van der Waals surface area contributed by atoms with Crippen molar-refractivity contribution in [2.24, 2.45) is 11.8 Å². The van der Waals surface area contributed by atoms with Crippen LogP contribution >= 0.6 is 11.6 Å². The molecule has 0 spiro atoms. The Balaban J connectivity index is 2.21. The number of anilines is 1. The minimum absolute atomic E-state index is 0.00922. The SMILES string of the molecule is CCNc1cc(C(=O)N2CC(C)CC(C)C2)c(Cl)cn1. The van der Waals surface area contributed by atoms with E-state index in [1.807, 2.05) is 11.8 Å². The number of pyridine rings is 1. The van der Waals surface area contributed by atoms with Gasteiger partial charge in [-0.3, -0.25) is 4.79 Å². The molecule has 1 aliphatic heterocycles. The molecular weight excluding hydrogens is 274 g/mol. The van der Waals surface area contributed by atoms with E-state index in [-0.39, 0.29) is 5.91 Å². The van der Waals surface area contributed by atoms with E-state index in [9.17, 15) is 4.79 Å². The van der Waals surface area contributed by atoms with E-state index in [1.165, 1.54) is 6.42 Å². The molecule has 0 bridgehead atoms. The van der Waals surface area contributed by atoms with E-state index >= 15 is 0 Å². The van der Waals surface area contributed by atoms with Gasteiger partial charge in [-0.25, -0.2) is 4.98 Å². The summed E-state index contributed by atoms with van der Waals surface area (Å²) in [4.78, 5) is 18.7. The number of likely N-dealkylation sites (tertiary alicyclic amines) is 1. The highest BCUT2D eigenvalue weighted by Crippen LogP contribution is 2.25. The van der Waals surface area contributed by atoms with Gasteiger partial charge in [-0.15, -0.1) is 0 Å². The molecule has 1 saturated heterocycles. The average Bonchev–Trinajstić information content (AvgIpc) is 2.39. The molecule has 20 heavy (non-hydrogen) atoms. The lowest BCUT2D eigenvalue weighted by molar-refractivity contribution is 0.0623. The van der Waals surface area contributed by atoms with Crippen LogP contribution in [0.1, 0.15) is 37.6 Å². The Kier molecular flexibility index (Phi) is 4.86. The van der Waals surface area contributed by atoms with Gasteiger partial charge in [-0.2, -0.15) is 0 Å². The number of carbonyl (C=O) groups excluding carboxylic acids is 1. The molecule has 5 heteroatoms. The maximum absolute atomic E-state index is 12.7. The Morgan fingerprint density at radius 1 is 1.45 bits per heavy atom. The molecule has 2 atom stereocenters. The topological polar surface area (TPSA) is 45.2 Å². The summed E-state index contributed by atoms with van der Waals surface area (Å²) in [6, 6.07) is 1.75. The summed E-state index contributed by atoms with van der Waals surface area (Å²) in [5.74, 6) is 1.78. The molecule has 1 aromatic heterocycles. The lowest BCUT2D eigenvalue weighted by Crippen LogP contribution is -2.42. The lowest BCUT2D eigenvalue weighted by Gasteiger charge is -2.35. The Bertz CT molecular complexity index is 482. The standard InChI is InChI=1S/C15H22ClN3O/c1-4-17-14-6-12(13(16)7-18-14)15(20)19-8-10(2)5-11(3)9-19/h6-7,10-11H,4-5,8-9H2,1-3H3,(H,17,18). The van der Waals surface area contributed by atoms with E-state index in [0.29, 0.717) is 28.2 Å². The largest absolute Gasteiger partial charge is 0.370 e. The fourth-order valence-corrected chi connectivity index (χ4v) is 3.06. The second kappa shape index (κ2) is 6.44. The third-order valence-corrected chi connectivity index (χ3v) is 3.90. The van der Waals surface area contributed by atoms with Gasteiger partial charge in [0.2, 0.25) is 0 Å². The molecule has 2 rings (SSSR count). The second-order valence-corrected chi connectivity index (χ2v) is 6.14. The smallest absolute Gasteiger partial charge is 0.255 e. The molecule has 4 nitrogen and oxygen atoms in total. The number of amides is 1. The monoisotopic (exact) mass is 295 g/mol. The molecule has 2 unspecified atom stereocenters. The summed E-state index contributed by atoms with van der Waals surface area (Å²) in [5, 5.41) is 3.53. The summed E-state index contributed by atoms with van der Waals surface area (Å²) in [6.45, 7) is 8.74. The first-order chi connectivity index (χ1) is 9.51. The van der Waals surface area contributed by atoms with Crippen LogP contribution in [0.5, 0.6) is 0 Å². The van der Waals surface area contributed by atoms with Gasteiger partial charge in [0.25, 0.3) is 5.91 Å². The first kappa shape index (κ1) is 15.1. The summed E-state index contributed by atoms with van der Waals surface area (Å²) in [5.41, 5.74) is 0.541. The first-order valence-electron chi connectivity index (χ1n) is 7.20. The maximum atomic E-state index is 12.7. The predicted molar refractivity (Wildman–Crippen MR) is 82.3 cm³/mol. The molecule has 0 aliphatic carbocycles. The number of hydrogen-bond acceptors (Lipinski definition) is 3. The average molecular weight is 296 g/mol. The van der Waals surface area contributed by atoms with Gasteiger partial charge in [-0.05, 0) is 31.2 Å². The Morgan fingerprint density at radius 2 is 2.10 bits per heavy atom. The van der Waals surface area contributed by atoms with Gasteiger partial charge in [0.05, 0.1) is 10.6 Å². The van der Waals surface area contributed by atoms with E-state index in [4.69, 9.17) is 11.6 Å². The Morgan fingerprint density at radius 3 is 2.70 bits per heavy atom. The predicted octanol–water partition coefficient (Wildman–Crippen LogP) is 3.28. The van der Waals surface area contributed by atoms with Crippen LogP contribution in [-0.2, 0) is 0 Å². The second-order valence-electron chi connectivity index (χ2n) is 5.74. The summed E-state index contributed by atoms with van der Waals surface area (Å²) in [7, 11) is 0. The van der Waals surface area contributed by atoms with Crippen molar-refractivity contribution in [1.82, 2.24) is 9.88 Å². The minimum atomic E-state index is 0.00922. The van der Waals surface area contributed by atoms with Crippen molar-refractivity contribution >= 4 is 23.3 Å². The minimum Gasteiger partial charge on any atom is -0.370 e. The van der Waals surface area contributed by atoms with Crippen molar-refractivity contribution in [3.8, 4) is 0 Å². The Labute approximate surface area is 125 Å². The van der Waals surface area contributed by atoms with Crippen LogP contribution < -0.4 is 5.32 Å². The molecule has 0 saturated carbocycles. The number of carbonyl (C=O) groups is 1. The number of nitrogens with one attached hydrogen (secondary N) is 1. The zero-order chi connectivity index (χ0) is 14.7. The molecule has 1 aliphatic rings. The highest BCUT2D eigenvalue weighted by Gasteiger charge is 2.27. The number of hydrogen-bond donors (Lipinski definition) is 1. The lowest BCUT2D eigenvalue weighted by atomic mass is 9.91. The normalized spacial score (nSPS) is 22.7. The van der Waals surface area contributed by atoms with Crippen LogP contribution in [0.2, 0.25) is 5.02 Å². The zero-order valence-electron chi connectivity index (χ0n) is 12.3. The molecule has 1 amide bonds. The fourth-order valence-electron chi connectivity index (χ4n) is 2.88. The Hall–Kier alpha value is -1.29. The van der Waals surface area contributed by atoms with E-state index in [1.54, 1.807) is 12.3 Å². The van der Waals surface area contributed by atoms with E-state index < -0.39 is 0 Å². The van der Waals surface area contributed by atoms with Gasteiger partial charge < -0.3 is 10.2 Å². The van der Waals surface area contributed by atoms with Crippen LogP contribution in [0, 0.1) is 11.8 Å². The number of nitrogens with zero attached hydrogens (tertiary/aromatic N) is 2. The highest BCUT2D eigenvalue weighted by atomic mass is 35.5. The van der Waals surface area contributed by atoms with Gasteiger partial charge in [0.15, 0.2) is 0 Å².